The van der Waals surface area contributed by atoms with Crippen molar-refractivity contribution in [2.45, 2.75) is 33.5 Å². The van der Waals surface area contributed by atoms with Crippen LogP contribution in [-0.4, -0.2) is 4.57 Å². The molecule has 4 aromatic rings. The van der Waals surface area contributed by atoms with E-state index in [2.05, 4.69) is 0 Å². The third kappa shape index (κ3) is 4.69. The number of benzene rings is 2. The molecule has 0 bridgehead atoms. The summed E-state index contributed by atoms with van der Waals surface area (Å²) < 4.78 is 70.1. The Morgan fingerprint density at radius 1 is 0.917 bits per heavy atom. The lowest BCUT2D eigenvalue weighted by atomic mass is 10.00. The van der Waals surface area contributed by atoms with E-state index in [1.165, 1.54) is 17.4 Å². The summed E-state index contributed by atoms with van der Waals surface area (Å²) in [5, 5.41) is 9.35. The Labute approximate surface area is 207 Å². The lowest BCUT2D eigenvalue weighted by Crippen LogP contribution is -2.28. The summed E-state index contributed by atoms with van der Waals surface area (Å²) >= 11 is 1.18. The molecular weight excluding hydrogens is 495 g/mol. The van der Waals surface area contributed by atoms with Crippen molar-refractivity contribution in [2.24, 2.45) is 0 Å². The molecule has 2 aromatic carbocycles. The SMILES string of the molecule is Cc1cc(C)c(-c2ccc(-c3cc(C(F)(F)F)c(C#N)c(=O)n3Cc3ccc(F)cc3F)s2)cc1C. The van der Waals surface area contributed by atoms with E-state index in [0.717, 1.165) is 49.9 Å². The molecule has 0 spiro atoms. The van der Waals surface area contributed by atoms with E-state index in [1.807, 2.05) is 32.9 Å². The minimum absolute atomic E-state index is 0.106. The normalized spacial score (nSPS) is 11.5. The molecule has 184 valence electrons. The van der Waals surface area contributed by atoms with Crippen LogP contribution in [0.2, 0.25) is 0 Å². The van der Waals surface area contributed by atoms with Crippen molar-refractivity contribution in [3.8, 4) is 27.1 Å². The van der Waals surface area contributed by atoms with Gasteiger partial charge in [-0.2, -0.15) is 18.4 Å². The van der Waals surface area contributed by atoms with E-state index in [1.54, 1.807) is 12.1 Å². The second kappa shape index (κ2) is 9.36. The van der Waals surface area contributed by atoms with Crippen LogP contribution in [-0.2, 0) is 12.7 Å². The van der Waals surface area contributed by atoms with Gasteiger partial charge in [-0.05, 0) is 67.3 Å². The maximum Gasteiger partial charge on any atom is 0.417 e. The Morgan fingerprint density at radius 2 is 1.58 bits per heavy atom. The van der Waals surface area contributed by atoms with Crippen LogP contribution in [0.3, 0.4) is 0 Å². The number of hydrogen-bond donors (Lipinski definition) is 0. The van der Waals surface area contributed by atoms with Crippen LogP contribution in [0, 0.1) is 43.7 Å². The summed E-state index contributed by atoms with van der Waals surface area (Å²) in [6, 6.07) is 12.2. The largest absolute Gasteiger partial charge is 0.417 e. The predicted molar refractivity (Wildman–Crippen MR) is 129 cm³/mol. The third-order valence-corrected chi connectivity index (χ3v) is 7.17. The number of aryl methyl sites for hydroxylation is 3. The molecule has 0 radical (unpaired) electrons. The van der Waals surface area contributed by atoms with E-state index >= 15 is 0 Å². The monoisotopic (exact) mass is 514 g/mol. The summed E-state index contributed by atoms with van der Waals surface area (Å²) in [7, 11) is 0. The second-order valence-corrected chi connectivity index (χ2v) is 9.55. The highest BCUT2D eigenvalue weighted by atomic mass is 32.1. The van der Waals surface area contributed by atoms with Gasteiger partial charge in [0, 0.05) is 16.5 Å². The molecule has 3 nitrogen and oxygen atoms in total. The molecule has 4 rings (SSSR count). The molecule has 0 N–H and O–H groups in total. The molecule has 9 heteroatoms. The molecule has 0 unspecified atom stereocenters. The fraction of sp³-hybridized carbons (Fsp3) is 0.185. The van der Waals surface area contributed by atoms with Gasteiger partial charge in [0.05, 0.1) is 22.7 Å². The summed E-state index contributed by atoms with van der Waals surface area (Å²) in [5.74, 6) is -1.79. The Hall–Kier alpha value is -3.77. The maximum absolute atomic E-state index is 14.4. The predicted octanol–water partition coefficient (Wildman–Crippen LogP) is 7.39. The lowest BCUT2D eigenvalue weighted by molar-refractivity contribution is -0.137. The van der Waals surface area contributed by atoms with Gasteiger partial charge in [0.25, 0.3) is 5.56 Å². The second-order valence-electron chi connectivity index (χ2n) is 8.47. The molecule has 0 aliphatic heterocycles. The summed E-state index contributed by atoms with van der Waals surface area (Å²) in [6.45, 7) is 5.38. The molecule has 2 heterocycles. The number of pyridine rings is 1. The number of thiophene rings is 1. The van der Waals surface area contributed by atoms with Gasteiger partial charge in [0.2, 0.25) is 0 Å². The highest BCUT2D eigenvalue weighted by molar-refractivity contribution is 7.18. The first-order valence-electron chi connectivity index (χ1n) is 10.8. The van der Waals surface area contributed by atoms with Gasteiger partial charge in [0.1, 0.15) is 23.3 Å². The van der Waals surface area contributed by atoms with Crippen LogP contribution in [0.5, 0.6) is 0 Å². The smallest absolute Gasteiger partial charge is 0.302 e. The van der Waals surface area contributed by atoms with Gasteiger partial charge in [-0.15, -0.1) is 11.3 Å². The average molecular weight is 515 g/mol. The van der Waals surface area contributed by atoms with Gasteiger partial charge in [-0.1, -0.05) is 18.2 Å². The minimum atomic E-state index is -4.95. The first-order chi connectivity index (χ1) is 16.9. The van der Waals surface area contributed by atoms with Crippen LogP contribution < -0.4 is 5.56 Å². The third-order valence-electron chi connectivity index (χ3n) is 6.03. The molecule has 36 heavy (non-hydrogen) atoms. The van der Waals surface area contributed by atoms with Crippen molar-refractivity contribution in [1.29, 1.82) is 5.26 Å². The van der Waals surface area contributed by atoms with Crippen molar-refractivity contribution < 1.29 is 22.0 Å². The zero-order valence-corrected chi connectivity index (χ0v) is 20.2. The van der Waals surface area contributed by atoms with Gasteiger partial charge in [0.15, 0.2) is 0 Å². The van der Waals surface area contributed by atoms with Crippen LogP contribution >= 0.6 is 11.3 Å². The number of aromatic nitrogens is 1. The number of nitriles is 1. The molecule has 0 aliphatic carbocycles. The molecular formula is C27H19F5N2OS. The fourth-order valence-corrected chi connectivity index (χ4v) is 5.12. The number of halogens is 5. The molecule has 2 aromatic heterocycles. The highest BCUT2D eigenvalue weighted by Crippen LogP contribution is 2.39. The van der Waals surface area contributed by atoms with E-state index in [-0.39, 0.29) is 11.3 Å². The molecule has 0 saturated heterocycles. The van der Waals surface area contributed by atoms with Crippen LogP contribution in [0.1, 0.15) is 33.4 Å². The van der Waals surface area contributed by atoms with Gasteiger partial charge >= 0.3 is 6.18 Å². The molecule has 0 aliphatic rings. The summed E-state index contributed by atoms with van der Waals surface area (Å²) in [5.41, 5.74) is 0.151. The molecule has 0 amide bonds. The van der Waals surface area contributed by atoms with Crippen molar-refractivity contribution in [2.75, 3.05) is 0 Å². The van der Waals surface area contributed by atoms with Crippen molar-refractivity contribution in [1.82, 2.24) is 4.57 Å². The molecule has 0 atom stereocenters. The van der Waals surface area contributed by atoms with Crippen LogP contribution in [0.15, 0.2) is 53.3 Å². The van der Waals surface area contributed by atoms with Crippen molar-refractivity contribution in [3.63, 3.8) is 0 Å². The lowest BCUT2D eigenvalue weighted by Gasteiger charge is -2.17. The number of nitrogens with zero attached hydrogens (tertiary/aromatic N) is 2. The van der Waals surface area contributed by atoms with Crippen LogP contribution in [0.4, 0.5) is 22.0 Å². The minimum Gasteiger partial charge on any atom is -0.302 e. The van der Waals surface area contributed by atoms with E-state index < -0.39 is 41.0 Å². The first kappa shape index (κ1) is 25.3. The summed E-state index contributed by atoms with van der Waals surface area (Å²) in [6.07, 6.45) is -4.95. The standard InChI is InChI=1S/C27H19F5N2OS/c1-14-8-16(3)19(9-15(14)2)24-6-7-25(36-24)23-11-21(27(30,31)32)20(12-33)26(35)34(23)13-17-4-5-18(28)10-22(17)29/h4-11H,13H2,1-3H3. The quantitative estimate of drug-likeness (QED) is 0.267. The molecule has 0 fully saturated rings. The Balaban J connectivity index is 1.95. The Morgan fingerprint density at radius 3 is 2.22 bits per heavy atom. The van der Waals surface area contributed by atoms with Gasteiger partial charge < -0.3 is 4.57 Å². The van der Waals surface area contributed by atoms with Crippen molar-refractivity contribution >= 4 is 11.3 Å². The summed E-state index contributed by atoms with van der Waals surface area (Å²) in [4.78, 5) is 14.2. The Bertz CT molecular complexity index is 1590. The topological polar surface area (TPSA) is 45.8 Å². The van der Waals surface area contributed by atoms with E-state index in [4.69, 9.17) is 0 Å². The maximum atomic E-state index is 14.4. The zero-order chi connectivity index (χ0) is 26.4. The first-order valence-corrected chi connectivity index (χ1v) is 11.6. The van der Waals surface area contributed by atoms with Crippen molar-refractivity contribution in [3.05, 3.63) is 104 Å². The Kier molecular flexibility index (Phi) is 6.58. The van der Waals surface area contributed by atoms with E-state index in [9.17, 15) is 32.0 Å². The van der Waals surface area contributed by atoms with Gasteiger partial charge in [-0.3, -0.25) is 4.79 Å². The van der Waals surface area contributed by atoms with Gasteiger partial charge in [-0.25, -0.2) is 8.78 Å². The van der Waals surface area contributed by atoms with Crippen LogP contribution in [0.25, 0.3) is 21.0 Å². The van der Waals surface area contributed by atoms with E-state index in [0.29, 0.717) is 10.9 Å². The fourth-order valence-electron chi connectivity index (χ4n) is 4.01. The number of hydrogen-bond acceptors (Lipinski definition) is 3. The zero-order valence-electron chi connectivity index (χ0n) is 19.4. The number of alkyl halides is 3. The number of rotatable bonds is 4. The average Bonchev–Trinajstić information content (AvgIpc) is 3.27. The molecule has 0 saturated carbocycles. The highest BCUT2D eigenvalue weighted by Gasteiger charge is 2.36.